The number of nitrogens with one attached hydrogen (secondary N) is 2. The number of carbonyl (C=O) groups is 2. The highest BCUT2D eigenvalue weighted by Gasteiger charge is 2.30. The number of terminal acetylenes is 1. The summed E-state index contributed by atoms with van der Waals surface area (Å²) in [5.41, 5.74) is 0. The molecule has 0 saturated heterocycles. The minimum atomic E-state index is -0.782. The zero-order chi connectivity index (χ0) is 12.8. The van der Waals surface area contributed by atoms with Crippen molar-refractivity contribution < 1.29 is 14.7 Å². The maximum Gasteiger partial charge on any atom is 0.315 e. The predicted molar refractivity (Wildman–Crippen MR) is 63.3 cm³/mol. The van der Waals surface area contributed by atoms with Crippen molar-refractivity contribution >= 4 is 12.0 Å². The molecule has 0 heterocycles. The number of carboxylic acids is 1. The molecule has 1 aliphatic carbocycles. The molecule has 1 saturated carbocycles. The average Bonchev–Trinajstić information content (AvgIpc) is 2.66. The van der Waals surface area contributed by atoms with E-state index >= 15 is 0 Å². The van der Waals surface area contributed by atoms with Crippen LogP contribution in [0.5, 0.6) is 0 Å². The van der Waals surface area contributed by atoms with Crippen LogP contribution in [-0.2, 0) is 4.79 Å². The average molecular weight is 238 g/mol. The molecule has 0 aliphatic heterocycles. The number of urea groups is 1. The van der Waals surface area contributed by atoms with Gasteiger partial charge in [0.15, 0.2) is 0 Å². The molecule has 1 fully saturated rings. The molecule has 2 amide bonds. The van der Waals surface area contributed by atoms with Crippen LogP contribution in [0.25, 0.3) is 0 Å². The highest BCUT2D eigenvalue weighted by atomic mass is 16.4. The summed E-state index contributed by atoms with van der Waals surface area (Å²) in [6.07, 6.45) is 7.46. The van der Waals surface area contributed by atoms with Crippen LogP contribution in [0.4, 0.5) is 4.79 Å². The second-order valence-electron chi connectivity index (χ2n) is 4.47. The normalized spacial score (nSPS) is 24.7. The molecule has 3 atom stereocenters. The molecule has 0 spiro atoms. The van der Waals surface area contributed by atoms with E-state index in [1.165, 1.54) is 0 Å². The smallest absolute Gasteiger partial charge is 0.315 e. The molecular weight excluding hydrogens is 220 g/mol. The van der Waals surface area contributed by atoms with E-state index in [0.29, 0.717) is 25.7 Å². The summed E-state index contributed by atoms with van der Waals surface area (Å²) in [4.78, 5) is 22.3. The lowest BCUT2D eigenvalue weighted by Gasteiger charge is -2.16. The van der Waals surface area contributed by atoms with Crippen LogP contribution in [0.15, 0.2) is 0 Å². The first-order valence-electron chi connectivity index (χ1n) is 5.76. The first-order chi connectivity index (χ1) is 8.02. The Balaban J connectivity index is 2.29. The van der Waals surface area contributed by atoms with E-state index in [-0.39, 0.29) is 24.0 Å². The number of rotatable bonds is 4. The topological polar surface area (TPSA) is 78.4 Å². The lowest BCUT2D eigenvalue weighted by Crippen LogP contribution is -2.44. The fourth-order valence-corrected chi connectivity index (χ4v) is 2.02. The number of aliphatic carboxylic acids is 1. The lowest BCUT2D eigenvalue weighted by atomic mass is 10.1. The Labute approximate surface area is 101 Å². The fourth-order valence-electron chi connectivity index (χ4n) is 2.02. The Kier molecular flexibility index (Phi) is 4.83. The maximum absolute atomic E-state index is 11.5. The first kappa shape index (κ1) is 13.4. The van der Waals surface area contributed by atoms with Gasteiger partial charge >= 0.3 is 12.0 Å². The Hall–Kier alpha value is -1.70. The van der Waals surface area contributed by atoms with E-state index in [1.54, 1.807) is 0 Å². The Bertz CT molecular complexity index is 335. The van der Waals surface area contributed by atoms with Gasteiger partial charge in [0.05, 0.1) is 5.92 Å². The van der Waals surface area contributed by atoms with Gasteiger partial charge in [-0.1, -0.05) is 0 Å². The molecule has 1 rings (SSSR count). The molecule has 0 bridgehead atoms. The van der Waals surface area contributed by atoms with Crippen molar-refractivity contribution in [3.05, 3.63) is 0 Å². The molecule has 0 aromatic carbocycles. The van der Waals surface area contributed by atoms with Crippen LogP contribution < -0.4 is 10.6 Å². The van der Waals surface area contributed by atoms with Crippen LogP contribution in [0.2, 0.25) is 0 Å². The minimum absolute atomic E-state index is 0.0471. The summed E-state index contributed by atoms with van der Waals surface area (Å²) in [7, 11) is 0. The SMILES string of the molecule is C#CCC(C)NC(=O)N[C@H]1CC[C@@H](C(=O)O)C1. The third kappa shape index (κ3) is 4.35. The monoisotopic (exact) mass is 238 g/mol. The first-order valence-corrected chi connectivity index (χ1v) is 5.76. The van der Waals surface area contributed by atoms with E-state index in [0.717, 1.165) is 0 Å². The van der Waals surface area contributed by atoms with Crippen LogP contribution in [-0.4, -0.2) is 29.2 Å². The van der Waals surface area contributed by atoms with E-state index < -0.39 is 5.97 Å². The van der Waals surface area contributed by atoms with Crippen molar-refractivity contribution in [1.82, 2.24) is 10.6 Å². The summed E-state index contributed by atoms with van der Waals surface area (Å²) in [5, 5.41) is 14.3. The molecule has 0 aromatic rings. The Morgan fingerprint density at radius 2 is 2.24 bits per heavy atom. The second kappa shape index (κ2) is 6.14. The lowest BCUT2D eigenvalue weighted by molar-refractivity contribution is -0.141. The van der Waals surface area contributed by atoms with Gasteiger partial charge in [-0.05, 0) is 26.2 Å². The zero-order valence-corrected chi connectivity index (χ0v) is 9.90. The second-order valence-corrected chi connectivity index (χ2v) is 4.47. The molecule has 5 nitrogen and oxygen atoms in total. The Morgan fingerprint density at radius 3 is 2.76 bits per heavy atom. The maximum atomic E-state index is 11.5. The van der Waals surface area contributed by atoms with Crippen molar-refractivity contribution in [2.45, 2.75) is 44.7 Å². The van der Waals surface area contributed by atoms with Gasteiger partial charge in [0.25, 0.3) is 0 Å². The van der Waals surface area contributed by atoms with Crippen LogP contribution >= 0.6 is 0 Å². The fraction of sp³-hybridized carbons (Fsp3) is 0.667. The van der Waals surface area contributed by atoms with Gasteiger partial charge < -0.3 is 15.7 Å². The van der Waals surface area contributed by atoms with Crippen molar-refractivity contribution in [3.8, 4) is 12.3 Å². The summed E-state index contributed by atoms with van der Waals surface area (Å²) < 4.78 is 0. The molecule has 0 radical (unpaired) electrons. The van der Waals surface area contributed by atoms with Crippen LogP contribution in [0, 0.1) is 18.3 Å². The van der Waals surface area contributed by atoms with Gasteiger partial charge in [0.2, 0.25) is 0 Å². The number of carboxylic acid groups (broad SMARTS) is 1. The Morgan fingerprint density at radius 1 is 1.53 bits per heavy atom. The number of hydrogen-bond acceptors (Lipinski definition) is 2. The van der Waals surface area contributed by atoms with Crippen molar-refractivity contribution in [1.29, 1.82) is 0 Å². The molecule has 1 aliphatic rings. The summed E-state index contributed by atoms with van der Waals surface area (Å²) in [6, 6.07) is -0.394. The molecule has 5 heteroatoms. The van der Waals surface area contributed by atoms with Gasteiger partial charge in [0.1, 0.15) is 0 Å². The summed E-state index contributed by atoms with van der Waals surface area (Å²) in [6.45, 7) is 1.83. The van der Waals surface area contributed by atoms with Gasteiger partial charge in [0, 0.05) is 18.5 Å². The van der Waals surface area contributed by atoms with Gasteiger partial charge in [-0.25, -0.2) is 4.79 Å². The van der Waals surface area contributed by atoms with E-state index in [4.69, 9.17) is 11.5 Å². The third-order valence-electron chi connectivity index (χ3n) is 2.92. The molecule has 17 heavy (non-hydrogen) atoms. The van der Waals surface area contributed by atoms with Gasteiger partial charge in [-0.15, -0.1) is 12.3 Å². The quantitative estimate of drug-likeness (QED) is 0.638. The molecule has 0 aromatic heterocycles. The van der Waals surface area contributed by atoms with Crippen molar-refractivity contribution in [3.63, 3.8) is 0 Å². The van der Waals surface area contributed by atoms with Gasteiger partial charge in [-0.2, -0.15) is 0 Å². The van der Waals surface area contributed by atoms with Crippen molar-refractivity contribution in [2.75, 3.05) is 0 Å². The summed E-state index contributed by atoms with van der Waals surface area (Å²) >= 11 is 0. The number of hydrogen-bond donors (Lipinski definition) is 3. The van der Waals surface area contributed by atoms with Crippen molar-refractivity contribution in [2.24, 2.45) is 5.92 Å². The van der Waals surface area contributed by atoms with Gasteiger partial charge in [-0.3, -0.25) is 4.79 Å². The number of carbonyl (C=O) groups excluding carboxylic acids is 1. The molecule has 1 unspecified atom stereocenters. The molecular formula is C12H18N2O3. The predicted octanol–water partition coefficient (Wildman–Crippen LogP) is 0.951. The van der Waals surface area contributed by atoms with Crippen LogP contribution in [0.3, 0.4) is 0 Å². The molecule has 94 valence electrons. The van der Waals surface area contributed by atoms with E-state index in [2.05, 4.69) is 16.6 Å². The largest absolute Gasteiger partial charge is 0.481 e. The van der Waals surface area contributed by atoms with E-state index in [9.17, 15) is 9.59 Å². The number of amides is 2. The summed E-state index contributed by atoms with van der Waals surface area (Å²) in [5.74, 6) is 1.36. The molecule has 3 N–H and O–H groups in total. The highest BCUT2D eigenvalue weighted by Crippen LogP contribution is 2.25. The highest BCUT2D eigenvalue weighted by molar-refractivity contribution is 5.75. The van der Waals surface area contributed by atoms with Crippen LogP contribution in [0.1, 0.15) is 32.6 Å². The zero-order valence-electron chi connectivity index (χ0n) is 9.90. The minimum Gasteiger partial charge on any atom is -0.481 e. The standard InChI is InChI=1S/C12H18N2O3/c1-3-4-8(2)13-12(17)14-10-6-5-9(7-10)11(15)16/h1,8-10H,4-7H2,2H3,(H,15,16)(H2,13,14,17)/t8?,9-,10+/m1/s1. The third-order valence-corrected chi connectivity index (χ3v) is 2.92. The van der Waals surface area contributed by atoms with E-state index in [1.807, 2.05) is 6.92 Å².